The Kier molecular flexibility index (Phi) is 4.75. The van der Waals surface area contributed by atoms with E-state index in [2.05, 4.69) is 44.2 Å². The number of fused-ring (bicyclic) bond motifs is 2. The fourth-order valence-electron chi connectivity index (χ4n) is 4.74. The predicted molar refractivity (Wildman–Crippen MR) is 121 cm³/mol. The van der Waals surface area contributed by atoms with Gasteiger partial charge in [-0.15, -0.1) is 0 Å². The first-order valence-electron chi connectivity index (χ1n) is 10.9. The molecule has 154 valence electrons. The van der Waals surface area contributed by atoms with Gasteiger partial charge in [0, 0.05) is 11.8 Å². The van der Waals surface area contributed by atoms with Crippen LogP contribution in [0.3, 0.4) is 0 Å². The summed E-state index contributed by atoms with van der Waals surface area (Å²) in [6, 6.07) is 11.2. The minimum atomic E-state index is -0.907. The van der Waals surface area contributed by atoms with Gasteiger partial charge in [-0.05, 0) is 92.9 Å². The second-order valence-electron chi connectivity index (χ2n) is 10.8. The topological polar surface area (TPSA) is 42.4 Å². The molecule has 1 aromatic carbocycles. The third-order valence-electron chi connectivity index (χ3n) is 7.97. The number of aromatic nitrogens is 1. The molecule has 1 saturated carbocycles. The SMILES string of the molecule is CC12CCC(C)(CC1)c1cc(-c3ccc(BOC(C)(C)C(C)(C)O)cn3)ccc12. The van der Waals surface area contributed by atoms with Crippen molar-refractivity contribution < 1.29 is 9.76 Å². The zero-order chi connectivity index (χ0) is 21.1. The van der Waals surface area contributed by atoms with Crippen LogP contribution >= 0.6 is 0 Å². The highest BCUT2D eigenvalue weighted by Gasteiger charge is 2.47. The first kappa shape index (κ1) is 20.6. The molecule has 5 rings (SSSR count). The fraction of sp³-hybridized carbons (Fsp3) is 0.560. The van der Waals surface area contributed by atoms with Gasteiger partial charge in [0.25, 0.3) is 0 Å². The summed E-state index contributed by atoms with van der Waals surface area (Å²) in [4.78, 5) is 4.72. The van der Waals surface area contributed by atoms with Gasteiger partial charge in [-0.3, -0.25) is 4.98 Å². The fourth-order valence-corrected chi connectivity index (χ4v) is 4.74. The average molecular weight is 391 g/mol. The van der Waals surface area contributed by atoms with E-state index < -0.39 is 11.2 Å². The largest absolute Gasteiger partial charge is 0.427 e. The molecule has 2 aromatic rings. The summed E-state index contributed by atoms with van der Waals surface area (Å²) in [5.41, 5.74) is 5.45. The van der Waals surface area contributed by atoms with Crippen LogP contribution in [0.15, 0.2) is 36.5 Å². The molecule has 1 fully saturated rings. The van der Waals surface area contributed by atoms with Gasteiger partial charge in [0.1, 0.15) is 0 Å². The van der Waals surface area contributed by atoms with Crippen molar-refractivity contribution in [2.45, 2.75) is 89.3 Å². The maximum atomic E-state index is 10.3. The normalized spacial score (nSPS) is 26.3. The lowest BCUT2D eigenvalue weighted by molar-refractivity contribution is -0.0893. The molecule has 0 radical (unpaired) electrons. The third kappa shape index (κ3) is 3.55. The Morgan fingerprint density at radius 2 is 1.55 bits per heavy atom. The molecule has 3 aliphatic carbocycles. The molecule has 0 unspecified atom stereocenters. The van der Waals surface area contributed by atoms with E-state index in [1.165, 1.54) is 36.8 Å². The van der Waals surface area contributed by atoms with Crippen molar-refractivity contribution in [2.24, 2.45) is 0 Å². The smallest absolute Gasteiger partial charge is 0.311 e. The van der Waals surface area contributed by atoms with Crippen LogP contribution in [0.4, 0.5) is 0 Å². The van der Waals surface area contributed by atoms with Crippen molar-refractivity contribution >= 4 is 12.9 Å². The van der Waals surface area contributed by atoms with Crippen LogP contribution in [0.2, 0.25) is 0 Å². The van der Waals surface area contributed by atoms with E-state index in [9.17, 15) is 5.11 Å². The molecule has 0 amide bonds. The van der Waals surface area contributed by atoms with Crippen molar-refractivity contribution in [3.63, 3.8) is 0 Å². The molecular formula is C25H34BNO2. The molecule has 1 aromatic heterocycles. The van der Waals surface area contributed by atoms with Crippen LogP contribution in [0.1, 0.15) is 78.4 Å². The van der Waals surface area contributed by atoms with Gasteiger partial charge < -0.3 is 9.76 Å². The number of nitrogens with zero attached hydrogens (tertiary/aromatic N) is 1. The van der Waals surface area contributed by atoms with Gasteiger partial charge >= 0.3 is 7.48 Å². The lowest BCUT2D eigenvalue weighted by Gasteiger charge is -2.52. The standard InChI is InChI=1S/C25H34BNO2/c1-22(2,28)23(3,4)29-26-18-8-10-21(27-16-18)17-7-9-19-20(15-17)25(6)13-11-24(19,5)12-14-25/h7-10,15-16,26,28H,11-14H2,1-6H3. The van der Waals surface area contributed by atoms with Crippen LogP contribution in [0.5, 0.6) is 0 Å². The first-order valence-corrected chi connectivity index (χ1v) is 10.9. The van der Waals surface area contributed by atoms with Crippen LogP contribution in [-0.2, 0) is 15.5 Å². The summed E-state index contributed by atoms with van der Waals surface area (Å²) in [6.07, 6.45) is 7.10. The molecule has 0 atom stereocenters. The third-order valence-corrected chi connectivity index (χ3v) is 7.97. The van der Waals surface area contributed by atoms with E-state index in [-0.39, 0.29) is 0 Å². The van der Waals surface area contributed by atoms with E-state index in [1.807, 2.05) is 20.0 Å². The lowest BCUT2D eigenvalue weighted by atomic mass is 9.52. The van der Waals surface area contributed by atoms with E-state index in [0.717, 1.165) is 11.2 Å². The lowest BCUT2D eigenvalue weighted by Crippen LogP contribution is -2.49. The summed E-state index contributed by atoms with van der Waals surface area (Å²) < 4.78 is 5.97. The van der Waals surface area contributed by atoms with Gasteiger partial charge in [-0.2, -0.15) is 0 Å². The Hall–Kier alpha value is -1.65. The van der Waals surface area contributed by atoms with Crippen LogP contribution in [0, 0.1) is 0 Å². The number of pyridine rings is 1. The molecule has 29 heavy (non-hydrogen) atoms. The summed E-state index contributed by atoms with van der Waals surface area (Å²) in [5.74, 6) is 0. The van der Waals surface area contributed by atoms with Gasteiger partial charge in [-0.25, -0.2) is 0 Å². The molecule has 0 saturated heterocycles. The van der Waals surface area contributed by atoms with Gasteiger partial charge in [0.2, 0.25) is 0 Å². The maximum absolute atomic E-state index is 10.3. The van der Waals surface area contributed by atoms with Crippen molar-refractivity contribution in [3.05, 3.63) is 47.7 Å². The Morgan fingerprint density at radius 1 is 0.931 bits per heavy atom. The molecule has 3 nitrogen and oxygen atoms in total. The Labute approximate surface area is 176 Å². The van der Waals surface area contributed by atoms with Crippen molar-refractivity contribution in [1.29, 1.82) is 0 Å². The van der Waals surface area contributed by atoms with Crippen LogP contribution in [-0.4, -0.2) is 28.8 Å². The second-order valence-corrected chi connectivity index (χ2v) is 10.8. The van der Waals surface area contributed by atoms with Crippen molar-refractivity contribution in [3.8, 4) is 11.3 Å². The molecule has 1 heterocycles. The van der Waals surface area contributed by atoms with Gasteiger partial charge in [0.05, 0.1) is 16.9 Å². The van der Waals surface area contributed by atoms with E-state index >= 15 is 0 Å². The highest BCUT2D eigenvalue weighted by molar-refractivity contribution is 6.46. The number of hydrogen-bond donors (Lipinski definition) is 1. The van der Waals surface area contributed by atoms with Crippen molar-refractivity contribution in [2.75, 3.05) is 0 Å². The quantitative estimate of drug-likeness (QED) is 0.769. The monoisotopic (exact) mass is 391 g/mol. The summed E-state index contributed by atoms with van der Waals surface area (Å²) >= 11 is 0. The molecule has 2 bridgehead atoms. The van der Waals surface area contributed by atoms with Crippen LogP contribution < -0.4 is 5.46 Å². The minimum Gasteiger partial charge on any atom is -0.427 e. The Balaban J connectivity index is 1.55. The summed E-state index contributed by atoms with van der Waals surface area (Å²) in [5, 5.41) is 10.3. The second kappa shape index (κ2) is 6.68. The summed E-state index contributed by atoms with van der Waals surface area (Å²) in [7, 11) is 0.435. The van der Waals surface area contributed by atoms with Crippen molar-refractivity contribution in [1.82, 2.24) is 4.98 Å². The highest BCUT2D eigenvalue weighted by Crippen LogP contribution is 2.56. The number of hydrogen-bond acceptors (Lipinski definition) is 3. The number of benzene rings is 1. The molecule has 4 heteroatoms. The summed E-state index contributed by atoms with van der Waals surface area (Å²) in [6.45, 7) is 12.3. The zero-order valence-electron chi connectivity index (χ0n) is 18.8. The number of aliphatic hydroxyl groups is 1. The van der Waals surface area contributed by atoms with Gasteiger partial charge in [-0.1, -0.05) is 32.0 Å². The Morgan fingerprint density at radius 3 is 2.10 bits per heavy atom. The molecular weight excluding hydrogens is 357 g/mol. The molecule has 0 aliphatic heterocycles. The number of rotatable bonds is 5. The minimum absolute atomic E-state index is 0.319. The molecule has 1 N–H and O–H groups in total. The van der Waals surface area contributed by atoms with E-state index in [4.69, 9.17) is 9.64 Å². The Bertz CT molecular complexity index is 903. The maximum Gasteiger partial charge on any atom is 0.311 e. The van der Waals surface area contributed by atoms with E-state index in [0.29, 0.717) is 18.3 Å². The van der Waals surface area contributed by atoms with Gasteiger partial charge in [0.15, 0.2) is 0 Å². The predicted octanol–water partition coefficient (Wildman–Crippen LogP) is 4.39. The zero-order valence-corrected chi connectivity index (χ0v) is 18.8. The highest BCUT2D eigenvalue weighted by atomic mass is 16.5. The average Bonchev–Trinajstić information content (AvgIpc) is 2.68. The van der Waals surface area contributed by atoms with Crippen LogP contribution in [0.25, 0.3) is 11.3 Å². The molecule has 3 aliphatic rings. The first-order chi connectivity index (χ1) is 13.4. The molecule has 0 spiro atoms. The van der Waals surface area contributed by atoms with E-state index in [1.54, 1.807) is 19.4 Å².